The second-order valence-electron chi connectivity index (χ2n) is 15.2. The number of para-hydroxylation sites is 2. The zero-order chi connectivity index (χ0) is 38.9. The normalized spacial score (nSPS) is 11.7. The predicted molar refractivity (Wildman–Crippen MR) is 247 cm³/mol. The molecule has 2 heterocycles. The largest absolute Gasteiger partial charge is 0.455 e. The molecule has 0 N–H and O–H groups in total. The summed E-state index contributed by atoms with van der Waals surface area (Å²) in [6.45, 7) is 0. The van der Waals surface area contributed by atoms with Crippen molar-refractivity contribution in [1.82, 2.24) is 9.97 Å². The van der Waals surface area contributed by atoms with E-state index < -0.39 is 0 Å². The summed E-state index contributed by atoms with van der Waals surface area (Å²) in [6.07, 6.45) is 0. The Bertz CT molecular complexity index is 3620. The van der Waals surface area contributed by atoms with Crippen LogP contribution in [-0.2, 0) is 0 Å². The van der Waals surface area contributed by atoms with Crippen LogP contribution in [0.1, 0.15) is 0 Å². The first-order valence-electron chi connectivity index (χ1n) is 20.1. The molecule has 0 unspecified atom stereocenters. The van der Waals surface area contributed by atoms with Crippen LogP contribution in [0.4, 0.5) is 0 Å². The number of aromatic nitrogens is 2. The molecule has 3 heteroatoms. The number of benzene rings is 10. The summed E-state index contributed by atoms with van der Waals surface area (Å²) in [5, 5.41) is 12.0. The van der Waals surface area contributed by atoms with E-state index >= 15 is 0 Å². The van der Waals surface area contributed by atoms with Crippen molar-refractivity contribution in [2.75, 3.05) is 0 Å². The zero-order valence-electron chi connectivity index (χ0n) is 31.9. The van der Waals surface area contributed by atoms with Crippen molar-refractivity contribution in [2.45, 2.75) is 0 Å². The first-order valence-corrected chi connectivity index (χ1v) is 20.1. The highest BCUT2D eigenvalue weighted by Gasteiger charge is 2.19. The van der Waals surface area contributed by atoms with Gasteiger partial charge in [0.05, 0.1) is 11.4 Å². The number of hydrogen-bond acceptors (Lipinski definition) is 3. The Kier molecular flexibility index (Phi) is 7.54. The quantitative estimate of drug-likeness (QED) is 0.164. The Morgan fingerprint density at radius 1 is 0.288 bits per heavy atom. The molecule has 12 aromatic rings. The molecule has 12 rings (SSSR count). The van der Waals surface area contributed by atoms with E-state index in [2.05, 4.69) is 194 Å². The van der Waals surface area contributed by atoms with Crippen LogP contribution in [0.15, 0.2) is 211 Å². The Labute approximate surface area is 340 Å². The van der Waals surface area contributed by atoms with Crippen LogP contribution in [0, 0.1) is 0 Å². The Morgan fingerprint density at radius 2 is 0.763 bits per heavy atom. The van der Waals surface area contributed by atoms with E-state index in [0.717, 1.165) is 61.1 Å². The number of nitrogens with zero attached hydrogens (tertiary/aromatic N) is 2. The summed E-state index contributed by atoms with van der Waals surface area (Å²) in [5.41, 5.74) is 10.9. The summed E-state index contributed by atoms with van der Waals surface area (Å²) >= 11 is 0. The second-order valence-corrected chi connectivity index (χ2v) is 15.2. The van der Waals surface area contributed by atoms with Gasteiger partial charge in [0.2, 0.25) is 0 Å². The molecule has 0 radical (unpaired) electrons. The van der Waals surface area contributed by atoms with Gasteiger partial charge < -0.3 is 4.42 Å². The average Bonchev–Trinajstić information content (AvgIpc) is 3.70. The molecule has 2 aromatic heterocycles. The lowest BCUT2D eigenvalue weighted by atomic mass is 9.90. The van der Waals surface area contributed by atoms with E-state index in [1.165, 1.54) is 54.2 Å². The molecule has 10 aromatic carbocycles. The highest BCUT2D eigenvalue weighted by Crippen LogP contribution is 2.42. The molecular weight excluding hydrogens is 717 g/mol. The maximum Gasteiger partial charge on any atom is 0.160 e. The minimum Gasteiger partial charge on any atom is -0.455 e. The lowest BCUT2D eigenvalue weighted by molar-refractivity contribution is 0.670. The lowest BCUT2D eigenvalue weighted by Gasteiger charge is -2.16. The van der Waals surface area contributed by atoms with E-state index in [-0.39, 0.29) is 0 Å². The van der Waals surface area contributed by atoms with Gasteiger partial charge in [-0.1, -0.05) is 176 Å². The minimum absolute atomic E-state index is 0.652. The monoisotopic (exact) mass is 750 g/mol. The van der Waals surface area contributed by atoms with Crippen molar-refractivity contribution < 1.29 is 4.42 Å². The topological polar surface area (TPSA) is 38.9 Å². The van der Waals surface area contributed by atoms with Crippen molar-refractivity contribution in [3.05, 3.63) is 206 Å². The van der Waals surface area contributed by atoms with Gasteiger partial charge in [-0.2, -0.15) is 0 Å². The van der Waals surface area contributed by atoms with Crippen LogP contribution in [0.3, 0.4) is 0 Å². The smallest absolute Gasteiger partial charge is 0.160 e. The number of hydrogen-bond donors (Lipinski definition) is 0. The molecule has 0 amide bonds. The van der Waals surface area contributed by atoms with E-state index in [1.807, 2.05) is 12.1 Å². The molecule has 0 aliphatic rings. The molecule has 0 bridgehead atoms. The third-order valence-electron chi connectivity index (χ3n) is 11.9. The second kappa shape index (κ2) is 13.4. The summed E-state index contributed by atoms with van der Waals surface area (Å²) in [5.74, 6) is 0.652. The summed E-state index contributed by atoms with van der Waals surface area (Å²) in [7, 11) is 0. The van der Waals surface area contributed by atoms with Crippen LogP contribution in [-0.4, -0.2) is 9.97 Å². The number of furan rings is 1. The molecule has 0 aliphatic carbocycles. The fraction of sp³-hybridized carbons (Fsp3) is 0. The van der Waals surface area contributed by atoms with Crippen molar-refractivity contribution in [3.63, 3.8) is 0 Å². The molecular formula is C56H34N2O. The third-order valence-corrected chi connectivity index (χ3v) is 11.9. The first kappa shape index (κ1) is 33.3. The van der Waals surface area contributed by atoms with Crippen molar-refractivity contribution in [3.8, 4) is 56.2 Å². The van der Waals surface area contributed by atoms with Crippen molar-refractivity contribution in [1.29, 1.82) is 0 Å². The fourth-order valence-electron chi connectivity index (χ4n) is 9.11. The van der Waals surface area contributed by atoms with Gasteiger partial charge in [-0.05, 0) is 95.7 Å². The summed E-state index contributed by atoms with van der Waals surface area (Å²) in [6, 6.07) is 73.3. The van der Waals surface area contributed by atoms with E-state index in [1.54, 1.807) is 0 Å². The molecule has 0 atom stereocenters. The van der Waals surface area contributed by atoms with Gasteiger partial charge >= 0.3 is 0 Å². The lowest BCUT2D eigenvalue weighted by Crippen LogP contribution is -1.97. The summed E-state index contributed by atoms with van der Waals surface area (Å²) < 4.78 is 6.58. The highest BCUT2D eigenvalue weighted by molar-refractivity contribution is 6.16. The molecule has 0 spiro atoms. The van der Waals surface area contributed by atoms with Crippen LogP contribution in [0.5, 0.6) is 0 Å². The Morgan fingerprint density at radius 3 is 1.46 bits per heavy atom. The standard InChI is InChI=1S/C56H34N2O/c1-3-16-39-37(14-1)32-50(43-20-7-5-18-41(39)43)35-28-30-36(31-29-35)56-57-52(34-53(58-56)49-26-13-25-48-47-24-11-12-27-54(47)59-55(48)49)46-23-10-9-22-45(46)51-33-38-15-2-4-17-40(38)42-19-6-8-21-44(42)51/h1-34H. The van der Waals surface area contributed by atoms with E-state index in [0.29, 0.717) is 5.82 Å². The van der Waals surface area contributed by atoms with Gasteiger partial charge in [0.25, 0.3) is 0 Å². The van der Waals surface area contributed by atoms with E-state index in [9.17, 15) is 0 Å². The highest BCUT2D eigenvalue weighted by atomic mass is 16.3. The van der Waals surface area contributed by atoms with Gasteiger partial charge in [-0.3, -0.25) is 0 Å². The van der Waals surface area contributed by atoms with Crippen LogP contribution in [0.25, 0.3) is 121 Å². The summed E-state index contributed by atoms with van der Waals surface area (Å²) in [4.78, 5) is 10.7. The molecule has 274 valence electrons. The maximum absolute atomic E-state index is 6.58. The van der Waals surface area contributed by atoms with Crippen molar-refractivity contribution >= 4 is 65.0 Å². The van der Waals surface area contributed by atoms with E-state index in [4.69, 9.17) is 14.4 Å². The van der Waals surface area contributed by atoms with Gasteiger partial charge in [0.15, 0.2) is 5.82 Å². The third kappa shape index (κ3) is 5.44. The van der Waals surface area contributed by atoms with Gasteiger partial charge in [0.1, 0.15) is 11.2 Å². The van der Waals surface area contributed by atoms with Gasteiger partial charge in [-0.15, -0.1) is 0 Å². The minimum atomic E-state index is 0.652. The predicted octanol–water partition coefficient (Wildman–Crippen LogP) is 15.3. The Balaban J connectivity index is 1.07. The zero-order valence-corrected chi connectivity index (χ0v) is 31.9. The number of rotatable bonds is 5. The van der Waals surface area contributed by atoms with Crippen molar-refractivity contribution in [2.24, 2.45) is 0 Å². The molecule has 0 fully saturated rings. The SMILES string of the molecule is c1ccc(-c2cc3ccccc3c3ccccc23)c(-c2cc(-c3cccc4c3oc3ccccc34)nc(-c3ccc(-c4cc5ccccc5c5ccccc45)cc3)n2)c1. The fourth-order valence-corrected chi connectivity index (χ4v) is 9.11. The first-order chi connectivity index (χ1) is 29.2. The average molecular weight is 751 g/mol. The van der Waals surface area contributed by atoms with Gasteiger partial charge in [0, 0.05) is 27.5 Å². The van der Waals surface area contributed by atoms with Crippen LogP contribution >= 0.6 is 0 Å². The maximum atomic E-state index is 6.58. The van der Waals surface area contributed by atoms with Crippen LogP contribution in [0.2, 0.25) is 0 Å². The van der Waals surface area contributed by atoms with Crippen LogP contribution < -0.4 is 0 Å². The molecule has 3 nitrogen and oxygen atoms in total. The molecule has 0 aliphatic heterocycles. The number of fused-ring (bicyclic) bond motifs is 9. The molecule has 0 saturated heterocycles. The Hall–Kier alpha value is -7.88. The molecule has 0 saturated carbocycles. The van der Waals surface area contributed by atoms with Gasteiger partial charge in [-0.25, -0.2) is 9.97 Å². The molecule has 59 heavy (non-hydrogen) atoms.